The predicted molar refractivity (Wildman–Crippen MR) is 142 cm³/mol. The topological polar surface area (TPSA) is 117 Å². The van der Waals surface area contributed by atoms with E-state index in [1.165, 1.54) is 11.8 Å². The molecule has 3 aromatic rings. The van der Waals surface area contributed by atoms with Gasteiger partial charge >= 0.3 is 0 Å². The standard InChI is InChI=1S/C24H30N8O2S2/c1-16-15-26-23(35-16)30-22-28-21(25-9-2-10-32-11-13-34-14-12-32)29-24(31-22)36-19-7-5-18(6-8-19)27-20(33)17-3-4-17/h5-8,15,17H,2-4,9-14H2,1H3,(H,27,33)(H2,25,26,28,29,30,31). The molecule has 3 N–H and O–H groups in total. The minimum absolute atomic E-state index is 0.102. The molecule has 2 aliphatic rings. The largest absolute Gasteiger partial charge is 0.379 e. The van der Waals surface area contributed by atoms with Crippen molar-refractivity contribution < 1.29 is 9.53 Å². The van der Waals surface area contributed by atoms with Gasteiger partial charge in [-0.3, -0.25) is 15.0 Å². The van der Waals surface area contributed by atoms with E-state index in [0.717, 1.165) is 79.2 Å². The minimum Gasteiger partial charge on any atom is -0.379 e. The Balaban J connectivity index is 1.23. The van der Waals surface area contributed by atoms with Crippen LogP contribution in [0.2, 0.25) is 0 Å². The second-order valence-corrected chi connectivity index (χ2v) is 11.1. The van der Waals surface area contributed by atoms with Gasteiger partial charge in [0, 0.05) is 47.2 Å². The summed E-state index contributed by atoms with van der Waals surface area (Å²) < 4.78 is 5.42. The van der Waals surface area contributed by atoms with Gasteiger partial charge in [-0.05, 0) is 68.8 Å². The lowest BCUT2D eigenvalue weighted by atomic mass is 10.3. The van der Waals surface area contributed by atoms with Crippen LogP contribution in [0.4, 0.5) is 22.7 Å². The van der Waals surface area contributed by atoms with E-state index < -0.39 is 0 Å². The SMILES string of the molecule is Cc1cnc(Nc2nc(NCCCN3CCOCC3)nc(Sc3ccc(NC(=O)C4CC4)cc3)n2)s1. The van der Waals surface area contributed by atoms with Gasteiger partial charge in [-0.2, -0.15) is 15.0 Å². The molecule has 2 aromatic heterocycles. The van der Waals surface area contributed by atoms with Gasteiger partial charge in [0.2, 0.25) is 17.8 Å². The lowest BCUT2D eigenvalue weighted by molar-refractivity contribution is -0.117. The average Bonchev–Trinajstić information content (AvgIpc) is 3.66. The van der Waals surface area contributed by atoms with E-state index in [-0.39, 0.29) is 11.8 Å². The Hall–Kier alpha value is -2.80. The minimum atomic E-state index is 0.102. The molecule has 1 amide bonds. The first kappa shape index (κ1) is 24.9. The molecule has 10 nitrogen and oxygen atoms in total. The number of aromatic nitrogens is 4. The van der Waals surface area contributed by atoms with E-state index in [1.807, 2.05) is 37.4 Å². The molecule has 0 atom stereocenters. The van der Waals surface area contributed by atoms with Crippen LogP contribution in [0, 0.1) is 12.8 Å². The summed E-state index contributed by atoms with van der Waals surface area (Å²) >= 11 is 2.99. The molecule has 0 unspecified atom stereocenters. The third-order valence-corrected chi connectivity index (χ3v) is 7.47. The van der Waals surface area contributed by atoms with Crippen LogP contribution >= 0.6 is 23.1 Å². The summed E-state index contributed by atoms with van der Waals surface area (Å²) in [6.45, 7) is 7.36. The number of aryl methyl sites for hydroxylation is 1. The molecule has 1 aliphatic heterocycles. The van der Waals surface area contributed by atoms with Crippen molar-refractivity contribution in [3.63, 3.8) is 0 Å². The van der Waals surface area contributed by atoms with Gasteiger partial charge in [0.05, 0.1) is 13.2 Å². The number of ether oxygens (including phenoxy) is 1. The molecular formula is C24H30N8O2S2. The van der Waals surface area contributed by atoms with Crippen LogP contribution in [-0.4, -0.2) is 70.1 Å². The molecule has 1 saturated carbocycles. The second-order valence-electron chi connectivity index (χ2n) is 8.79. The lowest BCUT2D eigenvalue weighted by Gasteiger charge is -2.26. The summed E-state index contributed by atoms with van der Waals surface area (Å²) in [6.07, 6.45) is 4.77. The van der Waals surface area contributed by atoms with Crippen LogP contribution in [0.15, 0.2) is 40.5 Å². The van der Waals surface area contributed by atoms with E-state index >= 15 is 0 Å². The number of nitrogens with zero attached hydrogens (tertiary/aromatic N) is 5. The smallest absolute Gasteiger partial charge is 0.234 e. The Morgan fingerprint density at radius 3 is 2.64 bits per heavy atom. The number of morpholine rings is 1. The Morgan fingerprint density at radius 1 is 1.14 bits per heavy atom. The Kier molecular flexibility index (Phi) is 8.26. The third-order valence-electron chi connectivity index (χ3n) is 5.77. The van der Waals surface area contributed by atoms with E-state index in [2.05, 4.69) is 40.8 Å². The summed E-state index contributed by atoms with van der Waals surface area (Å²) in [5.74, 6) is 1.26. The predicted octanol–water partition coefficient (Wildman–Crippen LogP) is 4.01. The van der Waals surface area contributed by atoms with E-state index in [9.17, 15) is 4.79 Å². The van der Waals surface area contributed by atoms with Crippen molar-refractivity contribution in [1.82, 2.24) is 24.8 Å². The Labute approximate surface area is 218 Å². The van der Waals surface area contributed by atoms with Gasteiger partial charge in [0.1, 0.15) is 0 Å². The highest BCUT2D eigenvalue weighted by molar-refractivity contribution is 7.99. The summed E-state index contributed by atoms with van der Waals surface area (Å²) in [4.78, 5) is 34.7. The number of hydrogen-bond donors (Lipinski definition) is 3. The molecule has 1 aromatic carbocycles. The maximum Gasteiger partial charge on any atom is 0.234 e. The average molecular weight is 527 g/mol. The molecule has 0 radical (unpaired) electrons. The van der Waals surface area contributed by atoms with Crippen LogP contribution in [0.3, 0.4) is 0 Å². The van der Waals surface area contributed by atoms with Crippen LogP contribution < -0.4 is 16.0 Å². The van der Waals surface area contributed by atoms with Crippen LogP contribution in [0.5, 0.6) is 0 Å². The number of anilines is 4. The van der Waals surface area contributed by atoms with Crippen molar-refractivity contribution in [3.05, 3.63) is 35.3 Å². The van der Waals surface area contributed by atoms with Gasteiger partial charge in [0.15, 0.2) is 10.3 Å². The molecule has 1 aliphatic carbocycles. The van der Waals surface area contributed by atoms with E-state index in [4.69, 9.17) is 4.74 Å². The highest BCUT2D eigenvalue weighted by Gasteiger charge is 2.29. The zero-order valence-electron chi connectivity index (χ0n) is 20.2. The maximum absolute atomic E-state index is 12.0. The number of carbonyl (C=O) groups excluding carboxylic acids is 1. The van der Waals surface area contributed by atoms with Gasteiger partial charge < -0.3 is 15.4 Å². The van der Waals surface area contributed by atoms with Gasteiger partial charge in [0.25, 0.3) is 0 Å². The number of carbonyl (C=O) groups is 1. The summed E-state index contributed by atoms with van der Waals surface area (Å²) in [5, 5.41) is 10.8. The van der Waals surface area contributed by atoms with Gasteiger partial charge in [-0.25, -0.2) is 4.98 Å². The molecule has 5 rings (SSSR count). The molecule has 3 heterocycles. The zero-order chi connectivity index (χ0) is 24.7. The number of hydrogen-bond acceptors (Lipinski definition) is 11. The molecule has 1 saturated heterocycles. The van der Waals surface area contributed by atoms with Crippen LogP contribution in [0.1, 0.15) is 24.1 Å². The summed E-state index contributed by atoms with van der Waals surface area (Å²) in [5.41, 5.74) is 0.802. The van der Waals surface area contributed by atoms with Crippen molar-refractivity contribution in [3.8, 4) is 0 Å². The zero-order valence-corrected chi connectivity index (χ0v) is 21.8. The maximum atomic E-state index is 12.0. The van der Waals surface area contributed by atoms with Crippen LogP contribution in [-0.2, 0) is 9.53 Å². The number of benzene rings is 1. The monoisotopic (exact) mass is 526 g/mol. The van der Waals surface area contributed by atoms with Gasteiger partial charge in [-0.1, -0.05) is 0 Å². The summed E-state index contributed by atoms with van der Waals surface area (Å²) in [6, 6.07) is 7.74. The number of thiazole rings is 1. The van der Waals surface area contributed by atoms with Crippen molar-refractivity contribution >= 4 is 51.7 Å². The molecule has 190 valence electrons. The number of nitrogens with one attached hydrogen (secondary N) is 3. The van der Waals surface area contributed by atoms with E-state index in [1.54, 1.807) is 11.3 Å². The van der Waals surface area contributed by atoms with Crippen molar-refractivity contribution in [2.75, 3.05) is 55.3 Å². The quantitative estimate of drug-likeness (QED) is 0.316. The fourth-order valence-electron chi connectivity index (χ4n) is 3.67. The Morgan fingerprint density at radius 2 is 1.92 bits per heavy atom. The number of rotatable bonds is 11. The van der Waals surface area contributed by atoms with E-state index in [0.29, 0.717) is 17.1 Å². The van der Waals surface area contributed by atoms with Crippen LogP contribution in [0.25, 0.3) is 0 Å². The highest BCUT2D eigenvalue weighted by Crippen LogP contribution is 2.31. The first-order valence-corrected chi connectivity index (χ1v) is 13.8. The first-order chi connectivity index (χ1) is 17.6. The van der Waals surface area contributed by atoms with Crippen molar-refractivity contribution in [1.29, 1.82) is 0 Å². The molecule has 36 heavy (non-hydrogen) atoms. The fraction of sp³-hybridized carbons (Fsp3) is 0.458. The summed E-state index contributed by atoms with van der Waals surface area (Å²) in [7, 11) is 0. The molecule has 0 bridgehead atoms. The lowest BCUT2D eigenvalue weighted by Crippen LogP contribution is -2.37. The first-order valence-electron chi connectivity index (χ1n) is 12.2. The second kappa shape index (κ2) is 12.0. The number of amides is 1. The third kappa shape index (κ3) is 7.36. The molecule has 0 spiro atoms. The van der Waals surface area contributed by atoms with Crippen molar-refractivity contribution in [2.24, 2.45) is 5.92 Å². The molecular weight excluding hydrogens is 496 g/mol. The molecule has 12 heteroatoms. The van der Waals surface area contributed by atoms with Gasteiger partial charge in [-0.15, -0.1) is 11.3 Å². The Bertz CT molecular complexity index is 1160. The van der Waals surface area contributed by atoms with Crippen molar-refractivity contribution in [2.45, 2.75) is 36.2 Å². The normalized spacial score (nSPS) is 16.0. The molecule has 2 fully saturated rings. The highest BCUT2D eigenvalue weighted by atomic mass is 32.2. The fourth-order valence-corrected chi connectivity index (χ4v) is 5.08.